The van der Waals surface area contributed by atoms with Gasteiger partial charge in [-0.1, -0.05) is 12.5 Å². The maximum absolute atomic E-state index is 13.4. The summed E-state index contributed by atoms with van der Waals surface area (Å²) in [5.41, 5.74) is 0.537. The van der Waals surface area contributed by atoms with Gasteiger partial charge in [-0.2, -0.15) is 18.3 Å². The van der Waals surface area contributed by atoms with Crippen LogP contribution in [0.4, 0.5) is 18.9 Å². The Bertz CT molecular complexity index is 1550. The number of fused-ring (bicyclic) bond motifs is 3. The van der Waals surface area contributed by atoms with Crippen LogP contribution in [0.3, 0.4) is 0 Å². The first-order chi connectivity index (χ1) is 17.7. The molecule has 5 rings (SSSR count). The second kappa shape index (κ2) is 9.85. The van der Waals surface area contributed by atoms with E-state index in [0.717, 1.165) is 31.8 Å². The number of carbonyl (C=O) groups is 1. The highest BCUT2D eigenvalue weighted by atomic mass is 19.4. The average Bonchev–Trinajstić information content (AvgIpc) is 3.27. The fourth-order valence-electron chi connectivity index (χ4n) is 4.76. The summed E-state index contributed by atoms with van der Waals surface area (Å²) in [4.78, 5) is 28.2. The minimum atomic E-state index is -4.48. The van der Waals surface area contributed by atoms with Crippen molar-refractivity contribution in [2.24, 2.45) is 7.05 Å². The predicted molar refractivity (Wildman–Crippen MR) is 137 cm³/mol. The summed E-state index contributed by atoms with van der Waals surface area (Å²) in [6.07, 6.45) is 4.06. The van der Waals surface area contributed by atoms with E-state index in [1.165, 1.54) is 46.7 Å². The molecule has 0 atom stereocenters. The Hall–Kier alpha value is -3.92. The summed E-state index contributed by atoms with van der Waals surface area (Å²) >= 11 is 0. The molecule has 3 heterocycles. The van der Waals surface area contributed by atoms with E-state index >= 15 is 0 Å². The van der Waals surface area contributed by atoms with Crippen molar-refractivity contribution in [3.63, 3.8) is 0 Å². The van der Waals surface area contributed by atoms with Crippen LogP contribution < -0.4 is 10.9 Å². The summed E-state index contributed by atoms with van der Waals surface area (Å²) in [6.45, 7) is 2.80. The molecule has 2 aromatic heterocycles. The molecule has 0 bridgehead atoms. The van der Waals surface area contributed by atoms with Gasteiger partial charge in [0.1, 0.15) is 5.52 Å². The first-order valence-electron chi connectivity index (χ1n) is 12.1. The third-order valence-corrected chi connectivity index (χ3v) is 6.56. The van der Waals surface area contributed by atoms with E-state index in [0.29, 0.717) is 33.2 Å². The minimum absolute atomic E-state index is 0.273. The van der Waals surface area contributed by atoms with Crippen LogP contribution in [0.15, 0.2) is 65.6 Å². The second-order valence-corrected chi connectivity index (χ2v) is 9.24. The van der Waals surface area contributed by atoms with E-state index in [2.05, 4.69) is 15.3 Å². The van der Waals surface area contributed by atoms with Crippen LogP contribution in [0.1, 0.15) is 24.8 Å². The van der Waals surface area contributed by atoms with E-state index in [4.69, 9.17) is 0 Å². The molecule has 4 aromatic rings. The lowest BCUT2D eigenvalue weighted by Crippen LogP contribution is -2.29. The van der Waals surface area contributed by atoms with Crippen LogP contribution in [-0.2, 0) is 18.0 Å². The standard InChI is InChI=1S/C27H26F3N5O2/c1-33-17-22-25(32-33)21-16-19(31-24(36)6-5-15-34-13-3-2-4-14-34)9-12-23(21)35(26(22)37)20-10-7-18(8-11-20)27(28,29)30/h5-12,16-17H,2-4,13-15H2,1H3,(H,31,36)/b6-5+. The van der Waals surface area contributed by atoms with Gasteiger partial charge < -0.3 is 5.32 Å². The Morgan fingerprint density at radius 1 is 1.05 bits per heavy atom. The van der Waals surface area contributed by atoms with Gasteiger partial charge in [0.05, 0.1) is 16.5 Å². The highest BCUT2D eigenvalue weighted by Gasteiger charge is 2.30. The van der Waals surface area contributed by atoms with Crippen molar-refractivity contribution in [1.82, 2.24) is 19.2 Å². The number of hydrogen-bond acceptors (Lipinski definition) is 4. The van der Waals surface area contributed by atoms with E-state index in [-0.39, 0.29) is 5.91 Å². The normalized spacial score (nSPS) is 15.1. The van der Waals surface area contributed by atoms with Gasteiger partial charge >= 0.3 is 6.18 Å². The molecule has 0 radical (unpaired) electrons. The number of hydrogen-bond donors (Lipinski definition) is 1. The first kappa shape index (κ1) is 24.8. The molecule has 2 aromatic carbocycles. The highest BCUT2D eigenvalue weighted by Crippen LogP contribution is 2.31. The molecule has 0 saturated carbocycles. The lowest BCUT2D eigenvalue weighted by Gasteiger charge is -2.24. The summed E-state index contributed by atoms with van der Waals surface area (Å²) in [5, 5.41) is 8.18. The Morgan fingerprint density at radius 3 is 2.49 bits per heavy atom. The Kier molecular flexibility index (Phi) is 6.59. The molecule has 1 saturated heterocycles. The number of alkyl halides is 3. The molecule has 1 aliphatic rings. The monoisotopic (exact) mass is 509 g/mol. The number of aryl methyl sites for hydroxylation is 1. The van der Waals surface area contributed by atoms with Crippen LogP contribution in [-0.4, -0.2) is 44.8 Å². The van der Waals surface area contributed by atoms with Crippen LogP contribution in [0.25, 0.3) is 27.5 Å². The summed E-state index contributed by atoms with van der Waals surface area (Å²) in [7, 11) is 1.69. The third kappa shape index (κ3) is 5.15. The van der Waals surface area contributed by atoms with Gasteiger partial charge in [-0.25, -0.2) is 0 Å². The fraction of sp³-hybridized carbons (Fsp3) is 0.296. The van der Waals surface area contributed by atoms with Crippen molar-refractivity contribution >= 4 is 33.4 Å². The lowest BCUT2D eigenvalue weighted by molar-refractivity contribution is -0.137. The molecule has 7 nitrogen and oxygen atoms in total. The number of benzene rings is 2. The number of piperidine rings is 1. The maximum atomic E-state index is 13.4. The molecular formula is C27H26F3N5O2. The Labute approximate surface area is 210 Å². The number of halogens is 3. The van der Waals surface area contributed by atoms with Gasteiger partial charge in [0, 0.05) is 42.6 Å². The van der Waals surface area contributed by atoms with Crippen LogP contribution in [0, 0.1) is 0 Å². The minimum Gasteiger partial charge on any atom is -0.322 e. The molecule has 1 N–H and O–H groups in total. The van der Waals surface area contributed by atoms with Crippen molar-refractivity contribution in [3.05, 3.63) is 76.7 Å². The van der Waals surface area contributed by atoms with E-state index in [9.17, 15) is 22.8 Å². The van der Waals surface area contributed by atoms with Gasteiger partial charge in [-0.3, -0.25) is 23.7 Å². The number of likely N-dealkylation sites (tertiary alicyclic amines) is 1. The van der Waals surface area contributed by atoms with Gasteiger partial charge in [-0.15, -0.1) is 0 Å². The molecule has 1 aliphatic heterocycles. The van der Waals surface area contributed by atoms with Crippen LogP contribution >= 0.6 is 0 Å². The zero-order valence-corrected chi connectivity index (χ0v) is 20.3. The number of nitrogens with zero attached hydrogens (tertiary/aromatic N) is 4. The smallest absolute Gasteiger partial charge is 0.322 e. The second-order valence-electron chi connectivity index (χ2n) is 9.24. The number of carbonyl (C=O) groups excluding carboxylic acids is 1. The van der Waals surface area contributed by atoms with Crippen molar-refractivity contribution < 1.29 is 18.0 Å². The Morgan fingerprint density at radius 2 is 1.78 bits per heavy atom. The largest absolute Gasteiger partial charge is 0.416 e. The molecule has 0 spiro atoms. The number of aromatic nitrogens is 3. The predicted octanol–water partition coefficient (Wildman–Crippen LogP) is 4.88. The molecule has 0 aliphatic carbocycles. The molecule has 192 valence electrons. The molecule has 37 heavy (non-hydrogen) atoms. The molecule has 1 amide bonds. The summed E-state index contributed by atoms with van der Waals surface area (Å²) in [6, 6.07) is 9.49. The molecule has 10 heteroatoms. The van der Waals surface area contributed by atoms with E-state index in [1.54, 1.807) is 31.4 Å². The zero-order chi connectivity index (χ0) is 26.2. The molecule has 0 unspecified atom stereocenters. The number of rotatable bonds is 5. The van der Waals surface area contributed by atoms with E-state index < -0.39 is 17.3 Å². The zero-order valence-electron chi connectivity index (χ0n) is 20.3. The summed E-state index contributed by atoms with van der Waals surface area (Å²) in [5.74, 6) is -0.273. The van der Waals surface area contributed by atoms with Gasteiger partial charge in [0.25, 0.3) is 5.56 Å². The van der Waals surface area contributed by atoms with Crippen molar-refractivity contribution in [2.75, 3.05) is 25.0 Å². The molecular weight excluding hydrogens is 483 g/mol. The van der Waals surface area contributed by atoms with Crippen LogP contribution in [0.5, 0.6) is 0 Å². The first-order valence-corrected chi connectivity index (χ1v) is 12.1. The number of anilines is 1. The van der Waals surface area contributed by atoms with Gasteiger partial charge in [0.2, 0.25) is 5.91 Å². The summed E-state index contributed by atoms with van der Waals surface area (Å²) < 4.78 is 42.1. The van der Waals surface area contributed by atoms with Gasteiger partial charge in [0.15, 0.2) is 0 Å². The SMILES string of the molecule is Cn1cc2c(=O)n(-c3ccc(C(F)(F)F)cc3)c3ccc(NC(=O)/C=C/CN4CCCCC4)cc3c2n1. The highest BCUT2D eigenvalue weighted by molar-refractivity contribution is 6.07. The fourth-order valence-corrected chi connectivity index (χ4v) is 4.76. The molecule has 1 fully saturated rings. The van der Waals surface area contributed by atoms with Crippen molar-refractivity contribution in [2.45, 2.75) is 25.4 Å². The number of amides is 1. The van der Waals surface area contributed by atoms with E-state index in [1.807, 2.05) is 6.08 Å². The average molecular weight is 510 g/mol. The Balaban J connectivity index is 1.49. The van der Waals surface area contributed by atoms with Crippen LogP contribution in [0.2, 0.25) is 0 Å². The topological polar surface area (TPSA) is 72.2 Å². The van der Waals surface area contributed by atoms with Crippen molar-refractivity contribution in [1.29, 1.82) is 0 Å². The maximum Gasteiger partial charge on any atom is 0.416 e. The number of nitrogens with one attached hydrogen (secondary N) is 1. The van der Waals surface area contributed by atoms with Crippen molar-refractivity contribution in [3.8, 4) is 5.69 Å². The lowest BCUT2D eigenvalue weighted by atomic mass is 10.1. The third-order valence-electron chi connectivity index (χ3n) is 6.56. The quantitative estimate of drug-likeness (QED) is 0.390. The van der Waals surface area contributed by atoms with Gasteiger partial charge in [-0.05, 0) is 68.4 Å². The number of pyridine rings is 1.